The number of H-pyrrole nitrogens is 1. The normalized spacial score (nSPS) is 10.8. The number of fused-ring (bicyclic) bond motifs is 1. The minimum absolute atomic E-state index is 0.135. The zero-order chi connectivity index (χ0) is 20.2. The Hall–Kier alpha value is -4.01. The molecule has 0 aliphatic carbocycles. The zero-order valence-corrected chi connectivity index (χ0v) is 15.6. The molecule has 9 heteroatoms. The SMILES string of the molecule is CN(CCNC(=O)c1ccc2occc2n1)C(=O)c1ccc(-c2cn[nH]n2)cc1. The first-order chi connectivity index (χ1) is 14.1. The van der Waals surface area contributed by atoms with E-state index in [2.05, 4.69) is 25.7 Å². The average Bonchev–Trinajstić information content (AvgIpc) is 3.44. The van der Waals surface area contributed by atoms with Gasteiger partial charge in [0.25, 0.3) is 11.8 Å². The lowest BCUT2D eigenvalue weighted by Gasteiger charge is -2.17. The summed E-state index contributed by atoms with van der Waals surface area (Å²) in [5.74, 6) is -0.435. The summed E-state index contributed by atoms with van der Waals surface area (Å²) in [6, 6.07) is 12.1. The number of hydrogen-bond donors (Lipinski definition) is 2. The van der Waals surface area contributed by atoms with E-state index in [1.165, 1.54) is 6.26 Å². The highest BCUT2D eigenvalue weighted by molar-refractivity contribution is 5.95. The summed E-state index contributed by atoms with van der Waals surface area (Å²) in [6.45, 7) is 0.673. The van der Waals surface area contributed by atoms with Crippen molar-refractivity contribution < 1.29 is 14.0 Å². The largest absolute Gasteiger partial charge is 0.463 e. The highest BCUT2D eigenvalue weighted by Crippen LogP contribution is 2.16. The molecule has 4 rings (SSSR count). The second kappa shape index (κ2) is 7.93. The monoisotopic (exact) mass is 390 g/mol. The fourth-order valence-corrected chi connectivity index (χ4v) is 2.85. The van der Waals surface area contributed by atoms with Crippen LogP contribution in [0.15, 0.2) is 59.3 Å². The third-order valence-electron chi connectivity index (χ3n) is 4.46. The van der Waals surface area contributed by atoms with Gasteiger partial charge in [-0.05, 0) is 24.3 Å². The average molecular weight is 390 g/mol. The molecule has 0 spiro atoms. The highest BCUT2D eigenvalue weighted by Gasteiger charge is 2.13. The van der Waals surface area contributed by atoms with Crippen LogP contribution >= 0.6 is 0 Å². The minimum atomic E-state index is -0.300. The molecule has 0 saturated heterocycles. The molecule has 2 amide bonds. The third-order valence-corrected chi connectivity index (χ3v) is 4.46. The van der Waals surface area contributed by atoms with Crippen LogP contribution in [0.25, 0.3) is 22.4 Å². The molecular weight excluding hydrogens is 372 g/mol. The predicted octanol–water partition coefficient (Wildman–Crippen LogP) is 2.11. The van der Waals surface area contributed by atoms with Crippen molar-refractivity contribution in [3.05, 3.63) is 66.2 Å². The molecule has 4 aromatic rings. The maximum absolute atomic E-state index is 12.6. The summed E-state index contributed by atoms with van der Waals surface area (Å²) in [5.41, 5.74) is 3.68. The predicted molar refractivity (Wildman–Crippen MR) is 105 cm³/mol. The number of benzene rings is 1. The Morgan fingerprint density at radius 3 is 2.72 bits per heavy atom. The van der Waals surface area contributed by atoms with Gasteiger partial charge in [-0.2, -0.15) is 15.4 Å². The van der Waals surface area contributed by atoms with Gasteiger partial charge >= 0.3 is 0 Å². The molecule has 0 bridgehead atoms. The summed E-state index contributed by atoms with van der Waals surface area (Å²) in [6.07, 6.45) is 3.14. The fourth-order valence-electron chi connectivity index (χ4n) is 2.85. The Bertz CT molecular complexity index is 1130. The summed E-state index contributed by atoms with van der Waals surface area (Å²) in [5, 5.41) is 13.1. The quantitative estimate of drug-likeness (QED) is 0.521. The van der Waals surface area contributed by atoms with Crippen LogP contribution in [-0.4, -0.2) is 57.2 Å². The molecule has 146 valence electrons. The Kier molecular flexibility index (Phi) is 5.02. The number of amides is 2. The molecular formula is C20H18N6O3. The number of furan rings is 1. The van der Waals surface area contributed by atoms with Gasteiger partial charge in [0, 0.05) is 37.3 Å². The zero-order valence-electron chi connectivity index (χ0n) is 15.6. The maximum atomic E-state index is 12.6. The number of carbonyl (C=O) groups is 2. The van der Waals surface area contributed by atoms with Crippen LogP contribution in [0.1, 0.15) is 20.8 Å². The number of nitrogens with zero attached hydrogens (tertiary/aromatic N) is 4. The number of pyridine rings is 1. The van der Waals surface area contributed by atoms with Crippen LogP contribution in [0.2, 0.25) is 0 Å². The van der Waals surface area contributed by atoms with Crippen molar-refractivity contribution in [1.29, 1.82) is 0 Å². The van der Waals surface area contributed by atoms with E-state index in [0.29, 0.717) is 41.1 Å². The minimum Gasteiger partial charge on any atom is -0.463 e. The molecule has 9 nitrogen and oxygen atoms in total. The van der Waals surface area contributed by atoms with Crippen LogP contribution in [0.3, 0.4) is 0 Å². The second-order valence-corrected chi connectivity index (χ2v) is 6.42. The highest BCUT2D eigenvalue weighted by atomic mass is 16.3. The number of aromatic amines is 1. The lowest BCUT2D eigenvalue weighted by molar-refractivity contribution is 0.0787. The van der Waals surface area contributed by atoms with Gasteiger partial charge in [-0.25, -0.2) is 4.98 Å². The van der Waals surface area contributed by atoms with Crippen LogP contribution in [-0.2, 0) is 0 Å². The molecule has 3 heterocycles. The first-order valence-electron chi connectivity index (χ1n) is 8.96. The molecule has 29 heavy (non-hydrogen) atoms. The maximum Gasteiger partial charge on any atom is 0.269 e. The third kappa shape index (κ3) is 3.98. The topological polar surface area (TPSA) is 117 Å². The van der Waals surface area contributed by atoms with Crippen molar-refractivity contribution in [1.82, 2.24) is 30.6 Å². The van der Waals surface area contributed by atoms with Gasteiger partial charge in [0.05, 0.1) is 12.5 Å². The molecule has 2 N–H and O–H groups in total. The van der Waals surface area contributed by atoms with Crippen molar-refractivity contribution in [2.24, 2.45) is 0 Å². The molecule has 0 aliphatic heterocycles. The van der Waals surface area contributed by atoms with Gasteiger partial charge in [0.2, 0.25) is 0 Å². The van der Waals surface area contributed by atoms with E-state index in [0.717, 1.165) is 5.56 Å². The van der Waals surface area contributed by atoms with Crippen molar-refractivity contribution in [3.63, 3.8) is 0 Å². The van der Waals surface area contributed by atoms with Crippen molar-refractivity contribution in [2.75, 3.05) is 20.1 Å². The van der Waals surface area contributed by atoms with E-state index in [1.807, 2.05) is 12.1 Å². The van der Waals surface area contributed by atoms with Gasteiger partial charge in [-0.15, -0.1) is 0 Å². The number of nitrogens with one attached hydrogen (secondary N) is 2. The van der Waals surface area contributed by atoms with Gasteiger partial charge in [-0.3, -0.25) is 9.59 Å². The summed E-state index contributed by atoms with van der Waals surface area (Å²) >= 11 is 0. The van der Waals surface area contributed by atoms with Gasteiger partial charge in [-0.1, -0.05) is 12.1 Å². The number of rotatable bonds is 6. The molecule has 0 saturated carbocycles. The second-order valence-electron chi connectivity index (χ2n) is 6.42. The molecule has 0 atom stereocenters. The first-order valence-corrected chi connectivity index (χ1v) is 8.96. The Morgan fingerprint density at radius 1 is 1.14 bits per heavy atom. The lowest BCUT2D eigenvalue weighted by Crippen LogP contribution is -2.36. The molecule has 0 unspecified atom stereocenters. The van der Waals surface area contributed by atoms with Gasteiger partial charge in [0.1, 0.15) is 16.9 Å². The fraction of sp³-hybridized carbons (Fsp3) is 0.150. The Balaban J connectivity index is 1.31. The molecule has 3 aromatic heterocycles. The van der Waals surface area contributed by atoms with Gasteiger partial charge in [0.15, 0.2) is 5.58 Å². The van der Waals surface area contributed by atoms with E-state index >= 15 is 0 Å². The standard InChI is InChI=1S/C20H18N6O3/c1-26(20(28)14-4-2-13(3-5-14)17-12-22-25-24-17)10-9-21-19(27)16-6-7-18-15(23-16)8-11-29-18/h2-8,11-12H,9-10H2,1H3,(H,21,27)(H,22,24,25). The van der Waals surface area contributed by atoms with Crippen LogP contribution < -0.4 is 5.32 Å². The number of hydrogen-bond acceptors (Lipinski definition) is 6. The molecule has 0 fully saturated rings. The smallest absolute Gasteiger partial charge is 0.269 e. The van der Waals surface area contributed by atoms with Crippen molar-refractivity contribution in [2.45, 2.75) is 0 Å². The van der Waals surface area contributed by atoms with Crippen LogP contribution in [0.4, 0.5) is 0 Å². The summed E-state index contributed by atoms with van der Waals surface area (Å²) < 4.78 is 5.22. The van der Waals surface area contributed by atoms with E-state index in [9.17, 15) is 9.59 Å². The van der Waals surface area contributed by atoms with Gasteiger partial charge < -0.3 is 14.6 Å². The summed E-state index contributed by atoms with van der Waals surface area (Å²) in [4.78, 5) is 30.6. The molecule has 0 radical (unpaired) electrons. The molecule has 0 aliphatic rings. The van der Waals surface area contributed by atoms with Crippen molar-refractivity contribution >= 4 is 22.9 Å². The van der Waals surface area contributed by atoms with E-state index < -0.39 is 0 Å². The number of carbonyl (C=O) groups excluding carboxylic acids is 2. The van der Waals surface area contributed by atoms with Crippen LogP contribution in [0.5, 0.6) is 0 Å². The van der Waals surface area contributed by atoms with Crippen LogP contribution in [0, 0.1) is 0 Å². The first kappa shape index (κ1) is 18.4. The van der Waals surface area contributed by atoms with E-state index in [1.54, 1.807) is 48.5 Å². The van der Waals surface area contributed by atoms with Crippen molar-refractivity contribution in [3.8, 4) is 11.3 Å². The van der Waals surface area contributed by atoms with E-state index in [-0.39, 0.29) is 11.8 Å². The number of aromatic nitrogens is 4. The Labute approximate surface area is 165 Å². The lowest BCUT2D eigenvalue weighted by atomic mass is 10.1. The summed E-state index contributed by atoms with van der Waals surface area (Å²) in [7, 11) is 1.69. The Morgan fingerprint density at radius 2 is 1.97 bits per heavy atom. The molecule has 1 aromatic carbocycles. The number of likely N-dealkylation sites (N-methyl/N-ethyl adjacent to an activating group) is 1. The van der Waals surface area contributed by atoms with E-state index in [4.69, 9.17) is 4.42 Å².